The lowest BCUT2D eigenvalue weighted by atomic mass is 10.2. The van der Waals surface area contributed by atoms with Crippen molar-refractivity contribution < 1.29 is 9.90 Å². The fourth-order valence-corrected chi connectivity index (χ4v) is 2.80. The van der Waals surface area contributed by atoms with Crippen LogP contribution in [0.2, 0.25) is 0 Å². The van der Waals surface area contributed by atoms with E-state index < -0.39 is 5.97 Å². The van der Waals surface area contributed by atoms with E-state index in [-0.39, 0.29) is 5.92 Å². The molecule has 2 atom stereocenters. The maximum atomic E-state index is 10.5. The summed E-state index contributed by atoms with van der Waals surface area (Å²) in [4.78, 5) is 10.5. The molecule has 54 valence electrons. The van der Waals surface area contributed by atoms with Crippen LogP contribution in [0.4, 0.5) is 0 Å². The molecule has 10 heavy (non-hydrogen) atoms. The van der Waals surface area contributed by atoms with Gasteiger partial charge >= 0.3 is 5.97 Å². The molecule has 0 unspecified atom stereocenters. The summed E-state index contributed by atoms with van der Waals surface area (Å²) >= 11 is 0. The molecule has 0 aromatic heterocycles. The highest BCUT2D eigenvalue weighted by atomic mass is 16.4. The van der Waals surface area contributed by atoms with Crippen LogP contribution in [0.1, 0.15) is 25.7 Å². The highest BCUT2D eigenvalue weighted by Crippen LogP contribution is 2.91. The van der Waals surface area contributed by atoms with Gasteiger partial charge in [-0.05, 0) is 36.5 Å². The third-order valence-electron chi connectivity index (χ3n) is 3.81. The first-order chi connectivity index (χ1) is 4.70. The molecular weight excluding hydrogens is 128 g/mol. The average Bonchev–Trinajstić information content (AvgIpc) is 2.66. The van der Waals surface area contributed by atoms with Crippen LogP contribution in [-0.4, -0.2) is 11.1 Å². The Balaban J connectivity index is 1.84. The Morgan fingerprint density at radius 1 is 1.50 bits per heavy atom. The van der Waals surface area contributed by atoms with E-state index in [4.69, 9.17) is 5.11 Å². The monoisotopic (exact) mass is 138 g/mol. The molecule has 2 heteroatoms. The Hall–Kier alpha value is -0.530. The topological polar surface area (TPSA) is 37.3 Å². The molecule has 3 aliphatic rings. The molecule has 0 saturated heterocycles. The summed E-state index contributed by atoms with van der Waals surface area (Å²) in [7, 11) is 0. The van der Waals surface area contributed by atoms with Crippen molar-refractivity contribution >= 4 is 5.97 Å². The molecule has 3 fully saturated rings. The Labute approximate surface area is 59.2 Å². The first-order valence-electron chi connectivity index (χ1n) is 3.93. The van der Waals surface area contributed by atoms with Crippen LogP contribution < -0.4 is 0 Å². The molecule has 3 rings (SSSR count). The van der Waals surface area contributed by atoms with Crippen molar-refractivity contribution in [3.8, 4) is 0 Å². The Morgan fingerprint density at radius 2 is 2.20 bits per heavy atom. The molecule has 0 radical (unpaired) electrons. The first-order valence-corrected chi connectivity index (χ1v) is 3.93. The largest absolute Gasteiger partial charge is 0.481 e. The molecule has 2 spiro atoms. The first kappa shape index (κ1) is 5.16. The quantitative estimate of drug-likeness (QED) is 0.592. The summed E-state index contributed by atoms with van der Waals surface area (Å²) in [5.74, 6) is -0.501. The zero-order chi connectivity index (χ0) is 6.98. The molecule has 0 aromatic carbocycles. The highest BCUT2D eigenvalue weighted by Gasteiger charge is 2.85. The Morgan fingerprint density at radius 3 is 2.50 bits per heavy atom. The second kappa shape index (κ2) is 1.03. The van der Waals surface area contributed by atoms with E-state index in [1.165, 1.54) is 19.3 Å². The van der Waals surface area contributed by atoms with Gasteiger partial charge in [0.05, 0.1) is 5.92 Å². The molecule has 0 heterocycles. The van der Waals surface area contributed by atoms with Gasteiger partial charge in [-0.15, -0.1) is 0 Å². The number of fused-ring (bicyclic) bond motifs is 1. The second-order valence-electron chi connectivity index (χ2n) is 4.21. The summed E-state index contributed by atoms with van der Waals surface area (Å²) in [5, 5.41) is 8.69. The third kappa shape index (κ3) is 0.337. The van der Waals surface area contributed by atoms with Crippen molar-refractivity contribution in [2.24, 2.45) is 16.7 Å². The van der Waals surface area contributed by atoms with E-state index >= 15 is 0 Å². The maximum absolute atomic E-state index is 10.5. The molecule has 0 aromatic rings. The van der Waals surface area contributed by atoms with E-state index in [1.54, 1.807) is 0 Å². The summed E-state index contributed by atoms with van der Waals surface area (Å²) in [5.41, 5.74) is 0.925. The normalized spacial score (nSPS) is 51.4. The number of hydrogen-bond donors (Lipinski definition) is 1. The van der Waals surface area contributed by atoms with Crippen LogP contribution in [-0.2, 0) is 4.79 Å². The van der Waals surface area contributed by atoms with Gasteiger partial charge < -0.3 is 5.11 Å². The standard InChI is InChI=1S/C8H10O2/c9-6(10)5-3-8(5)4-7(8)1-2-7/h5H,1-4H2,(H,9,10)/t5-,8+/m1/s1. The molecule has 3 saturated carbocycles. The minimum absolute atomic E-state index is 0.0509. The molecule has 0 bridgehead atoms. The lowest BCUT2D eigenvalue weighted by Crippen LogP contribution is -2.00. The lowest BCUT2D eigenvalue weighted by molar-refractivity contribution is -0.139. The molecule has 0 amide bonds. The second-order valence-corrected chi connectivity index (χ2v) is 4.21. The summed E-state index contributed by atoms with van der Waals surface area (Å²) < 4.78 is 0. The molecular formula is C8H10O2. The van der Waals surface area contributed by atoms with Crippen LogP contribution in [0.5, 0.6) is 0 Å². The van der Waals surface area contributed by atoms with Crippen LogP contribution in [0, 0.1) is 16.7 Å². The molecule has 2 nitrogen and oxygen atoms in total. The lowest BCUT2D eigenvalue weighted by Gasteiger charge is -1.86. The third-order valence-corrected chi connectivity index (χ3v) is 3.81. The summed E-state index contributed by atoms with van der Waals surface area (Å²) in [6.07, 6.45) is 4.85. The van der Waals surface area contributed by atoms with E-state index in [1.807, 2.05) is 0 Å². The number of carbonyl (C=O) groups is 1. The summed E-state index contributed by atoms with van der Waals surface area (Å²) in [6.45, 7) is 0. The predicted octanol–water partition coefficient (Wildman–Crippen LogP) is 1.26. The Bertz CT molecular complexity index is 229. The van der Waals surface area contributed by atoms with Gasteiger partial charge in [-0.25, -0.2) is 0 Å². The fraction of sp³-hybridized carbons (Fsp3) is 0.875. The number of hydrogen-bond acceptors (Lipinski definition) is 1. The predicted molar refractivity (Wildman–Crippen MR) is 34.5 cm³/mol. The summed E-state index contributed by atoms with van der Waals surface area (Å²) in [6, 6.07) is 0. The SMILES string of the molecule is O=C(O)[C@H]1C[C@]12CC21CC1. The van der Waals surface area contributed by atoms with Crippen LogP contribution in [0.3, 0.4) is 0 Å². The molecule has 3 aliphatic carbocycles. The van der Waals surface area contributed by atoms with Crippen molar-refractivity contribution in [1.29, 1.82) is 0 Å². The van der Waals surface area contributed by atoms with Gasteiger partial charge in [-0.1, -0.05) is 0 Å². The van der Waals surface area contributed by atoms with Gasteiger partial charge in [0.15, 0.2) is 0 Å². The smallest absolute Gasteiger partial charge is 0.307 e. The highest BCUT2D eigenvalue weighted by molar-refractivity contribution is 5.77. The maximum Gasteiger partial charge on any atom is 0.307 e. The van der Waals surface area contributed by atoms with Gasteiger partial charge in [-0.3, -0.25) is 4.79 Å². The minimum atomic E-state index is -0.552. The van der Waals surface area contributed by atoms with Gasteiger partial charge in [0.2, 0.25) is 0 Å². The van der Waals surface area contributed by atoms with E-state index in [0.29, 0.717) is 10.8 Å². The van der Waals surface area contributed by atoms with Gasteiger partial charge in [0.1, 0.15) is 0 Å². The van der Waals surface area contributed by atoms with E-state index in [0.717, 1.165) is 6.42 Å². The zero-order valence-corrected chi connectivity index (χ0v) is 5.76. The van der Waals surface area contributed by atoms with Gasteiger partial charge in [0, 0.05) is 0 Å². The number of carboxylic acid groups (broad SMARTS) is 1. The van der Waals surface area contributed by atoms with Crippen molar-refractivity contribution in [1.82, 2.24) is 0 Å². The molecule has 0 aliphatic heterocycles. The van der Waals surface area contributed by atoms with Gasteiger partial charge in [-0.2, -0.15) is 0 Å². The number of aliphatic carboxylic acids is 1. The number of rotatable bonds is 1. The van der Waals surface area contributed by atoms with Crippen LogP contribution >= 0.6 is 0 Å². The number of carboxylic acids is 1. The van der Waals surface area contributed by atoms with Crippen molar-refractivity contribution in [3.05, 3.63) is 0 Å². The van der Waals surface area contributed by atoms with Crippen molar-refractivity contribution in [3.63, 3.8) is 0 Å². The zero-order valence-electron chi connectivity index (χ0n) is 5.76. The molecule has 1 N–H and O–H groups in total. The Kier molecular flexibility index (Phi) is 0.529. The average molecular weight is 138 g/mol. The van der Waals surface area contributed by atoms with Crippen molar-refractivity contribution in [2.75, 3.05) is 0 Å². The fourth-order valence-electron chi connectivity index (χ4n) is 2.80. The van der Waals surface area contributed by atoms with Crippen LogP contribution in [0.15, 0.2) is 0 Å². The van der Waals surface area contributed by atoms with Crippen LogP contribution in [0.25, 0.3) is 0 Å². The van der Waals surface area contributed by atoms with Crippen molar-refractivity contribution in [2.45, 2.75) is 25.7 Å². The van der Waals surface area contributed by atoms with Gasteiger partial charge in [0.25, 0.3) is 0 Å². The van der Waals surface area contributed by atoms with E-state index in [2.05, 4.69) is 0 Å². The van der Waals surface area contributed by atoms with E-state index in [9.17, 15) is 4.79 Å². The minimum Gasteiger partial charge on any atom is -0.481 e.